The minimum atomic E-state index is 0.226. The first-order valence-electron chi connectivity index (χ1n) is 6.16. The largest absolute Gasteiger partial charge is 0.508 e. The molecule has 0 radical (unpaired) electrons. The summed E-state index contributed by atoms with van der Waals surface area (Å²) >= 11 is 1.60. The first kappa shape index (κ1) is 13.2. The Labute approximate surface area is 111 Å². The van der Waals surface area contributed by atoms with Gasteiger partial charge in [-0.2, -0.15) is 0 Å². The van der Waals surface area contributed by atoms with Gasteiger partial charge in [0.2, 0.25) is 5.91 Å². The van der Waals surface area contributed by atoms with Crippen molar-refractivity contribution in [1.82, 2.24) is 10.2 Å². The lowest BCUT2D eigenvalue weighted by Crippen LogP contribution is -2.46. The Morgan fingerprint density at radius 3 is 2.89 bits per heavy atom. The fourth-order valence-corrected chi connectivity index (χ4v) is 2.79. The van der Waals surface area contributed by atoms with Crippen molar-refractivity contribution in [2.75, 3.05) is 31.9 Å². The first-order valence-corrected chi connectivity index (χ1v) is 7.14. The van der Waals surface area contributed by atoms with Crippen LogP contribution in [0.15, 0.2) is 29.2 Å². The number of rotatable bonds is 4. The number of benzene rings is 1. The third-order valence-corrected chi connectivity index (χ3v) is 3.87. The van der Waals surface area contributed by atoms with E-state index in [1.807, 2.05) is 17.0 Å². The summed E-state index contributed by atoms with van der Waals surface area (Å²) in [5, 5.41) is 12.6. The molecule has 0 bridgehead atoms. The van der Waals surface area contributed by atoms with Gasteiger partial charge in [-0.15, -0.1) is 11.8 Å². The Morgan fingerprint density at radius 2 is 2.17 bits per heavy atom. The van der Waals surface area contributed by atoms with Crippen molar-refractivity contribution in [1.29, 1.82) is 0 Å². The maximum atomic E-state index is 11.9. The maximum absolute atomic E-state index is 11.9. The Morgan fingerprint density at radius 1 is 1.39 bits per heavy atom. The number of nitrogens with one attached hydrogen (secondary N) is 1. The highest BCUT2D eigenvalue weighted by Gasteiger charge is 2.15. The summed E-state index contributed by atoms with van der Waals surface area (Å²) in [6.45, 7) is 3.42. The molecule has 1 aromatic rings. The van der Waals surface area contributed by atoms with E-state index in [-0.39, 0.29) is 11.7 Å². The lowest BCUT2D eigenvalue weighted by atomic mass is 10.3. The van der Waals surface area contributed by atoms with Crippen molar-refractivity contribution in [2.45, 2.75) is 11.3 Å². The maximum Gasteiger partial charge on any atom is 0.223 e. The van der Waals surface area contributed by atoms with Crippen LogP contribution < -0.4 is 5.32 Å². The standard InChI is InChI=1S/C13H18N2O2S/c16-11-2-1-3-12(10-11)18-9-4-13(17)15-7-5-14-6-8-15/h1-3,10,14,16H,4-9H2. The minimum Gasteiger partial charge on any atom is -0.508 e. The molecule has 5 heteroatoms. The SMILES string of the molecule is O=C(CCSc1cccc(O)c1)N1CCNCC1. The zero-order chi connectivity index (χ0) is 12.8. The van der Waals surface area contributed by atoms with Gasteiger partial charge in [-0.25, -0.2) is 0 Å². The quantitative estimate of drug-likeness (QED) is 0.807. The van der Waals surface area contributed by atoms with E-state index in [2.05, 4.69) is 5.32 Å². The highest BCUT2D eigenvalue weighted by molar-refractivity contribution is 7.99. The van der Waals surface area contributed by atoms with E-state index in [0.29, 0.717) is 6.42 Å². The van der Waals surface area contributed by atoms with Gasteiger partial charge >= 0.3 is 0 Å². The van der Waals surface area contributed by atoms with Gasteiger partial charge in [-0.1, -0.05) is 6.07 Å². The van der Waals surface area contributed by atoms with Crippen LogP contribution in [0.1, 0.15) is 6.42 Å². The van der Waals surface area contributed by atoms with E-state index in [9.17, 15) is 9.90 Å². The number of amides is 1. The fraction of sp³-hybridized carbons (Fsp3) is 0.462. The Bertz CT molecular complexity index is 406. The molecule has 98 valence electrons. The second-order valence-electron chi connectivity index (χ2n) is 4.23. The highest BCUT2D eigenvalue weighted by Crippen LogP contribution is 2.22. The molecule has 1 heterocycles. The van der Waals surface area contributed by atoms with Crippen LogP contribution >= 0.6 is 11.8 Å². The molecule has 1 saturated heterocycles. The van der Waals surface area contributed by atoms with E-state index in [4.69, 9.17) is 0 Å². The summed E-state index contributed by atoms with van der Waals surface area (Å²) < 4.78 is 0. The van der Waals surface area contributed by atoms with E-state index >= 15 is 0 Å². The summed E-state index contributed by atoms with van der Waals surface area (Å²) in [6.07, 6.45) is 0.556. The van der Waals surface area contributed by atoms with Crippen LogP contribution in [0.5, 0.6) is 5.75 Å². The molecule has 2 rings (SSSR count). The number of phenols is 1. The van der Waals surface area contributed by atoms with Crippen LogP contribution in [0, 0.1) is 0 Å². The monoisotopic (exact) mass is 266 g/mol. The van der Waals surface area contributed by atoms with Crippen molar-refractivity contribution in [3.63, 3.8) is 0 Å². The molecule has 0 aromatic heterocycles. The number of hydrogen-bond acceptors (Lipinski definition) is 4. The number of piperazine rings is 1. The number of nitrogens with zero attached hydrogens (tertiary/aromatic N) is 1. The molecule has 1 fully saturated rings. The molecule has 18 heavy (non-hydrogen) atoms. The molecule has 1 aromatic carbocycles. The predicted octanol–water partition coefficient (Wildman–Crippen LogP) is 1.31. The Balaban J connectivity index is 1.73. The lowest BCUT2D eigenvalue weighted by molar-refractivity contribution is -0.131. The van der Waals surface area contributed by atoms with Gasteiger partial charge in [0.15, 0.2) is 0 Å². The molecular weight excluding hydrogens is 248 g/mol. The number of carbonyl (C=O) groups excluding carboxylic acids is 1. The van der Waals surface area contributed by atoms with Gasteiger partial charge in [0, 0.05) is 43.2 Å². The normalized spacial score (nSPS) is 15.7. The summed E-state index contributed by atoms with van der Waals surface area (Å²) in [5.41, 5.74) is 0. The van der Waals surface area contributed by atoms with Crippen molar-refractivity contribution in [3.8, 4) is 5.75 Å². The number of hydrogen-bond donors (Lipinski definition) is 2. The topological polar surface area (TPSA) is 52.6 Å². The van der Waals surface area contributed by atoms with Crippen LogP contribution in [-0.4, -0.2) is 47.8 Å². The summed E-state index contributed by atoms with van der Waals surface area (Å²) in [4.78, 5) is 14.8. The first-order chi connectivity index (χ1) is 8.75. The molecule has 0 aliphatic carbocycles. The number of carbonyl (C=O) groups is 1. The zero-order valence-corrected chi connectivity index (χ0v) is 11.1. The predicted molar refractivity (Wildman–Crippen MR) is 72.9 cm³/mol. The summed E-state index contributed by atoms with van der Waals surface area (Å²) in [7, 11) is 0. The Kier molecular flexibility index (Phi) is 4.90. The molecule has 1 aliphatic heterocycles. The van der Waals surface area contributed by atoms with Crippen molar-refractivity contribution >= 4 is 17.7 Å². The van der Waals surface area contributed by atoms with Gasteiger partial charge in [-0.3, -0.25) is 4.79 Å². The molecule has 0 spiro atoms. The lowest BCUT2D eigenvalue weighted by Gasteiger charge is -2.27. The minimum absolute atomic E-state index is 0.226. The molecule has 0 unspecified atom stereocenters. The molecule has 4 nitrogen and oxygen atoms in total. The van der Waals surface area contributed by atoms with E-state index in [0.717, 1.165) is 36.8 Å². The van der Waals surface area contributed by atoms with E-state index < -0.39 is 0 Å². The second-order valence-corrected chi connectivity index (χ2v) is 5.39. The molecular formula is C13H18N2O2S. The summed E-state index contributed by atoms with van der Waals surface area (Å²) in [5.74, 6) is 1.25. The van der Waals surface area contributed by atoms with Crippen LogP contribution in [0.4, 0.5) is 0 Å². The molecule has 1 amide bonds. The number of aromatic hydroxyl groups is 1. The van der Waals surface area contributed by atoms with Crippen molar-refractivity contribution in [2.24, 2.45) is 0 Å². The number of thioether (sulfide) groups is 1. The zero-order valence-electron chi connectivity index (χ0n) is 10.3. The van der Waals surface area contributed by atoms with Crippen LogP contribution in [0.3, 0.4) is 0 Å². The Hall–Kier alpha value is -1.20. The van der Waals surface area contributed by atoms with Gasteiger partial charge in [-0.05, 0) is 18.2 Å². The molecule has 0 saturated carbocycles. The molecule has 2 N–H and O–H groups in total. The van der Waals surface area contributed by atoms with Gasteiger partial charge in [0.1, 0.15) is 5.75 Å². The van der Waals surface area contributed by atoms with Gasteiger partial charge < -0.3 is 15.3 Å². The van der Waals surface area contributed by atoms with Crippen molar-refractivity contribution < 1.29 is 9.90 Å². The van der Waals surface area contributed by atoms with E-state index in [1.54, 1.807) is 23.9 Å². The number of phenolic OH excluding ortho intramolecular Hbond substituents is 1. The third-order valence-electron chi connectivity index (χ3n) is 2.87. The summed E-state index contributed by atoms with van der Waals surface area (Å²) in [6, 6.07) is 7.13. The molecule has 1 aliphatic rings. The van der Waals surface area contributed by atoms with Crippen LogP contribution in [0.2, 0.25) is 0 Å². The smallest absolute Gasteiger partial charge is 0.223 e. The third kappa shape index (κ3) is 3.92. The van der Waals surface area contributed by atoms with Gasteiger partial charge in [0.05, 0.1) is 0 Å². The molecule has 0 atom stereocenters. The second kappa shape index (κ2) is 6.66. The van der Waals surface area contributed by atoms with E-state index in [1.165, 1.54) is 0 Å². The van der Waals surface area contributed by atoms with Gasteiger partial charge in [0.25, 0.3) is 0 Å². The average Bonchev–Trinajstić information content (AvgIpc) is 2.40. The highest BCUT2D eigenvalue weighted by atomic mass is 32.2. The van der Waals surface area contributed by atoms with Crippen LogP contribution in [0.25, 0.3) is 0 Å². The average molecular weight is 266 g/mol. The fourth-order valence-electron chi connectivity index (χ4n) is 1.90. The van der Waals surface area contributed by atoms with Crippen LogP contribution in [-0.2, 0) is 4.79 Å². The van der Waals surface area contributed by atoms with Crippen molar-refractivity contribution in [3.05, 3.63) is 24.3 Å².